The van der Waals surface area contributed by atoms with E-state index in [1.54, 1.807) is 12.1 Å². The number of ether oxygens (including phenoxy) is 2. The molecule has 7 nitrogen and oxygen atoms in total. The van der Waals surface area contributed by atoms with Crippen molar-refractivity contribution in [1.82, 2.24) is 10.6 Å². The molecule has 9 heteroatoms. The van der Waals surface area contributed by atoms with Crippen LogP contribution in [0, 0.1) is 17.6 Å². The van der Waals surface area contributed by atoms with Crippen LogP contribution in [0.3, 0.4) is 0 Å². The smallest absolute Gasteiger partial charge is 0.231 e. The van der Waals surface area contributed by atoms with Crippen LogP contribution in [0.25, 0.3) is 0 Å². The van der Waals surface area contributed by atoms with E-state index in [0.29, 0.717) is 29.2 Å². The summed E-state index contributed by atoms with van der Waals surface area (Å²) in [7, 11) is 2.93. The minimum atomic E-state index is -1.11. The number of halogens is 2. The average molecular weight is 553 g/mol. The van der Waals surface area contributed by atoms with Gasteiger partial charge >= 0.3 is 0 Å². The quantitative estimate of drug-likeness (QED) is 0.296. The van der Waals surface area contributed by atoms with Crippen molar-refractivity contribution >= 4 is 11.7 Å². The van der Waals surface area contributed by atoms with Gasteiger partial charge in [-0.1, -0.05) is 31.2 Å². The lowest BCUT2D eigenvalue weighted by Gasteiger charge is -2.26. The van der Waals surface area contributed by atoms with E-state index in [0.717, 1.165) is 30.2 Å². The van der Waals surface area contributed by atoms with Crippen molar-refractivity contribution in [3.63, 3.8) is 0 Å². The second kappa shape index (κ2) is 13.0. The summed E-state index contributed by atoms with van der Waals surface area (Å²) in [6, 6.07) is 13.5. The van der Waals surface area contributed by atoms with Crippen molar-refractivity contribution < 1.29 is 33.0 Å². The second-order valence-corrected chi connectivity index (χ2v) is 9.95. The Bertz CT molecular complexity index is 1360. The van der Waals surface area contributed by atoms with Crippen LogP contribution in [0.5, 0.6) is 11.5 Å². The number of ketones is 1. The molecule has 3 N–H and O–H groups in total. The monoisotopic (exact) mass is 552 g/mol. The summed E-state index contributed by atoms with van der Waals surface area (Å²) < 4.78 is 38.5. The molecule has 0 radical (unpaired) electrons. The van der Waals surface area contributed by atoms with Gasteiger partial charge in [-0.25, -0.2) is 8.78 Å². The highest BCUT2D eigenvalue weighted by Crippen LogP contribution is 2.37. The zero-order valence-corrected chi connectivity index (χ0v) is 22.8. The van der Waals surface area contributed by atoms with Gasteiger partial charge in [0.15, 0.2) is 5.78 Å². The van der Waals surface area contributed by atoms with Crippen molar-refractivity contribution in [3.8, 4) is 11.5 Å². The first kappa shape index (κ1) is 29.2. The molecule has 1 aliphatic carbocycles. The Hall–Kier alpha value is -3.82. The number of Topliss-reactive ketones (excluding diaryl/α,β-unsaturated/α-hetero) is 1. The standard InChI is InChI=1S/C31H34F2N2O5/c1-4-18-6-5-7-19(8-18)16-34-17-27(36)26(11-20-9-22(32)14-23(33)10-20)35-31(38)25-13-21-12-24(39-2)15-28(40-3)29(21)30(25)37/h5-10,12,14-15,25-27,34,36H,4,11,13,16-17H2,1-3H3,(H,35,38)/t25?,26-,27+/m0/s1. The first-order valence-corrected chi connectivity index (χ1v) is 13.2. The number of hydrogen-bond donors (Lipinski definition) is 3. The van der Waals surface area contributed by atoms with Crippen LogP contribution < -0.4 is 20.1 Å². The van der Waals surface area contributed by atoms with Gasteiger partial charge in [-0.3, -0.25) is 9.59 Å². The van der Waals surface area contributed by atoms with Gasteiger partial charge in [0.1, 0.15) is 29.1 Å². The lowest BCUT2D eigenvalue weighted by atomic mass is 9.98. The molecule has 0 fully saturated rings. The van der Waals surface area contributed by atoms with Gasteiger partial charge in [-0.15, -0.1) is 0 Å². The molecule has 0 aliphatic heterocycles. The number of fused-ring (bicyclic) bond motifs is 1. The van der Waals surface area contributed by atoms with Crippen LogP contribution in [0.1, 0.15) is 39.5 Å². The molecule has 0 saturated carbocycles. The first-order valence-electron chi connectivity index (χ1n) is 13.2. The lowest BCUT2D eigenvalue weighted by Crippen LogP contribution is -2.51. The molecule has 0 saturated heterocycles. The molecule has 0 bridgehead atoms. The number of benzene rings is 3. The average Bonchev–Trinajstić information content (AvgIpc) is 3.27. The normalized spacial score (nSPS) is 15.8. The minimum absolute atomic E-state index is 0.0421. The Morgan fingerprint density at radius 1 is 1.02 bits per heavy atom. The van der Waals surface area contributed by atoms with Crippen LogP contribution in [0.2, 0.25) is 0 Å². The molecule has 4 rings (SSSR count). The van der Waals surface area contributed by atoms with Gasteiger partial charge in [-0.2, -0.15) is 0 Å². The summed E-state index contributed by atoms with van der Waals surface area (Å²) in [6.07, 6.45) is -0.119. The second-order valence-electron chi connectivity index (χ2n) is 9.95. The maximum Gasteiger partial charge on any atom is 0.231 e. The summed E-state index contributed by atoms with van der Waals surface area (Å²) in [5.41, 5.74) is 3.45. The summed E-state index contributed by atoms with van der Waals surface area (Å²) in [5.74, 6) is -2.72. The van der Waals surface area contributed by atoms with Crippen molar-refractivity contribution in [2.75, 3.05) is 20.8 Å². The Kier molecular flexibility index (Phi) is 9.50. The Labute approximate surface area is 232 Å². The third-order valence-corrected chi connectivity index (χ3v) is 7.17. The zero-order valence-electron chi connectivity index (χ0n) is 22.8. The highest BCUT2D eigenvalue weighted by Gasteiger charge is 2.39. The molecule has 212 valence electrons. The van der Waals surface area contributed by atoms with Crippen LogP contribution in [-0.4, -0.2) is 49.7 Å². The molecule has 0 spiro atoms. The van der Waals surface area contributed by atoms with Crippen molar-refractivity contribution in [2.24, 2.45) is 5.92 Å². The van der Waals surface area contributed by atoms with Gasteiger partial charge in [0.05, 0.1) is 31.9 Å². The van der Waals surface area contributed by atoms with Crippen LogP contribution in [0.4, 0.5) is 8.78 Å². The van der Waals surface area contributed by atoms with Gasteiger partial charge in [0, 0.05) is 25.2 Å². The number of methoxy groups -OCH3 is 2. The molecule has 3 aromatic carbocycles. The molecular weight excluding hydrogens is 518 g/mol. The maximum atomic E-state index is 13.9. The molecule has 40 heavy (non-hydrogen) atoms. The zero-order chi connectivity index (χ0) is 28.8. The van der Waals surface area contributed by atoms with E-state index >= 15 is 0 Å². The van der Waals surface area contributed by atoms with Crippen molar-refractivity contribution in [3.05, 3.63) is 94.0 Å². The predicted octanol–water partition coefficient (Wildman–Crippen LogP) is 3.78. The molecule has 0 heterocycles. The van der Waals surface area contributed by atoms with E-state index in [-0.39, 0.29) is 24.9 Å². The van der Waals surface area contributed by atoms with E-state index in [1.807, 2.05) is 18.2 Å². The van der Waals surface area contributed by atoms with Gasteiger partial charge in [-0.05, 0) is 59.7 Å². The molecular formula is C31H34F2N2O5. The predicted molar refractivity (Wildman–Crippen MR) is 147 cm³/mol. The first-order chi connectivity index (χ1) is 19.2. The topological polar surface area (TPSA) is 96.9 Å². The number of carbonyl (C=O) groups excluding carboxylic acids is 2. The molecule has 0 aromatic heterocycles. The van der Waals surface area contributed by atoms with Crippen molar-refractivity contribution in [2.45, 2.75) is 44.9 Å². The van der Waals surface area contributed by atoms with Crippen LogP contribution in [0.15, 0.2) is 54.6 Å². The van der Waals surface area contributed by atoms with E-state index in [2.05, 4.69) is 23.6 Å². The number of amides is 1. The number of carbonyl (C=O) groups is 2. The molecule has 1 aliphatic rings. The fourth-order valence-corrected chi connectivity index (χ4v) is 5.08. The SMILES string of the molecule is CCc1cccc(CNC[C@@H](O)[C@H](Cc2cc(F)cc(F)c2)NC(=O)C2Cc3cc(OC)cc(OC)c3C2=O)c1. The third-order valence-electron chi connectivity index (χ3n) is 7.17. The summed E-state index contributed by atoms with van der Waals surface area (Å²) in [4.78, 5) is 26.6. The lowest BCUT2D eigenvalue weighted by molar-refractivity contribution is -0.125. The number of aliphatic hydroxyl groups excluding tert-OH is 1. The van der Waals surface area contributed by atoms with Crippen LogP contribution in [-0.2, 0) is 30.6 Å². The minimum Gasteiger partial charge on any atom is -0.497 e. The van der Waals surface area contributed by atoms with E-state index in [4.69, 9.17) is 9.47 Å². The molecule has 3 aromatic rings. The van der Waals surface area contributed by atoms with E-state index < -0.39 is 41.4 Å². The molecule has 3 atom stereocenters. The van der Waals surface area contributed by atoms with E-state index in [1.165, 1.54) is 19.8 Å². The number of nitrogens with one attached hydrogen (secondary N) is 2. The maximum absolute atomic E-state index is 13.9. The highest BCUT2D eigenvalue weighted by molar-refractivity contribution is 6.15. The number of aryl methyl sites for hydroxylation is 1. The van der Waals surface area contributed by atoms with Gasteiger partial charge in [0.25, 0.3) is 0 Å². The number of hydrogen-bond acceptors (Lipinski definition) is 6. The highest BCUT2D eigenvalue weighted by atomic mass is 19.1. The fourth-order valence-electron chi connectivity index (χ4n) is 5.08. The summed E-state index contributed by atoms with van der Waals surface area (Å²) in [5, 5.41) is 17.0. The van der Waals surface area contributed by atoms with Crippen molar-refractivity contribution in [1.29, 1.82) is 0 Å². The molecule has 1 unspecified atom stereocenters. The number of rotatable bonds is 12. The van der Waals surface area contributed by atoms with Crippen LogP contribution >= 0.6 is 0 Å². The van der Waals surface area contributed by atoms with Gasteiger partial charge in [0.2, 0.25) is 5.91 Å². The summed E-state index contributed by atoms with van der Waals surface area (Å²) in [6.45, 7) is 2.65. The Morgan fingerprint density at radius 2 is 1.75 bits per heavy atom. The third kappa shape index (κ3) is 6.84. The Balaban J connectivity index is 1.50. The largest absolute Gasteiger partial charge is 0.497 e. The Morgan fingerprint density at radius 3 is 2.42 bits per heavy atom. The van der Waals surface area contributed by atoms with Gasteiger partial charge < -0.3 is 25.2 Å². The number of aliphatic hydroxyl groups is 1. The molecule has 1 amide bonds. The van der Waals surface area contributed by atoms with E-state index in [9.17, 15) is 23.5 Å². The summed E-state index contributed by atoms with van der Waals surface area (Å²) >= 11 is 0. The fraction of sp³-hybridized carbons (Fsp3) is 0.355.